The lowest BCUT2D eigenvalue weighted by molar-refractivity contribution is 0.669. The highest BCUT2D eigenvalue weighted by Crippen LogP contribution is 2.32. The first-order chi connectivity index (χ1) is 15.3. The van der Waals surface area contributed by atoms with Gasteiger partial charge in [0.2, 0.25) is 0 Å². The molecule has 0 amide bonds. The minimum atomic E-state index is 0.248. The van der Waals surface area contributed by atoms with Gasteiger partial charge in [-0.05, 0) is 45.8 Å². The number of nitrogens with zero attached hydrogens (tertiary/aromatic N) is 1. The molecule has 0 radical (unpaired) electrons. The first kappa shape index (κ1) is 17.6. The third-order valence-corrected chi connectivity index (χ3v) is 5.77. The zero-order chi connectivity index (χ0) is 20.8. The maximum absolute atomic E-state index is 8.46. The Hall–Kier alpha value is -4.24. The fourth-order valence-corrected chi connectivity index (χ4v) is 4.18. The summed E-state index contributed by atoms with van der Waals surface area (Å²) in [5.41, 5.74) is 3.56. The zero-order valence-electron chi connectivity index (χ0n) is 16.7. The average Bonchev–Trinajstić information content (AvgIpc) is 3.18. The van der Waals surface area contributed by atoms with Gasteiger partial charge in [-0.2, -0.15) is 0 Å². The second-order valence-corrected chi connectivity index (χ2v) is 7.68. The van der Waals surface area contributed by atoms with Crippen molar-refractivity contribution in [2.75, 3.05) is 0 Å². The molecule has 0 atom stereocenters. The van der Waals surface area contributed by atoms with Crippen molar-refractivity contribution in [1.29, 1.82) is 5.41 Å². The summed E-state index contributed by atoms with van der Waals surface area (Å²) in [5, 5.41) is 15.1. The summed E-state index contributed by atoms with van der Waals surface area (Å²) >= 11 is 0. The Bertz CT molecular complexity index is 1660. The Kier molecular flexibility index (Phi) is 3.93. The summed E-state index contributed by atoms with van der Waals surface area (Å²) in [7, 11) is 0. The monoisotopic (exact) mass is 398 g/mol. The third-order valence-electron chi connectivity index (χ3n) is 5.77. The molecule has 0 unspecified atom stereocenters. The molecule has 0 fully saturated rings. The van der Waals surface area contributed by atoms with Crippen LogP contribution in [0.4, 0.5) is 0 Å². The van der Waals surface area contributed by atoms with Gasteiger partial charge in [-0.15, -0.1) is 0 Å². The maximum Gasteiger partial charge on any atom is 0.151 e. The van der Waals surface area contributed by atoms with E-state index in [1.54, 1.807) is 6.21 Å². The van der Waals surface area contributed by atoms with E-state index in [9.17, 15) is 0 Å². The molecule has 0 saturated carbocycles. The van der Waals surface area contributed by atoms with Crippen LogP contribution in [-0.4, -0.2) is 12.1 Å². The van der Waals surface area contributed by atoms with Crippen LogP contribution in [0.25, 0.3) is 43.5 Å². The number of furan rings is 1. The van der Waals surface area contributed by atoms with Crippen molar-refractivity contribution in [1.82, 2.24) is 0 Å². The molecule has 6 aromatic rings. The van der Waals surface area contributed by atoms with Crippen molar-refractivity contribution < 1.29 is 4.42 Å². The molecule has 1 heterocycles. The van der Waals surface area contributed by atoms with Gasteiger partial charge in [0.1, 0.15) is 11.2 Å². The van der Waals surface area contributed by atoms with E-state index in [0.717, 1.165) is 54.6 Å². The largest absolute Gasteiger partial charge is 0.456 e. The molecule has 0 aliphatic rings. The first-order valence-electron chi connectivity index (χ1n) is 10.2. The van der Waals surface area contributed by atoms with Gasteiger partial charge < -0.3 is 4.42 Å². The fraction of sp³-hybridized carbons (Fsp3) is 0. The molecule has 6 rings (SSSR count). The van der Waals surface area contributed by atoms with Crippen molar-refractivity contribution in [2.45, 2.75) is 0 Å². The number of hydrogen-bond acceptors (Lipinski definition) is 2. The summed E-state index contributed by atoms with van der Waals surface area (Å²) < 4.78 is 6.02. The number of aliphatic imine (C=N–C) groups is 1. The highest BCUT2D eigenvalue weighted by molar-refractivity contribution is 6.14. The number of hydrogen-bond donors (Lipinski definition) is 1. The van der Waals surface area contributed by atoms with E-state index in [1.807, 2.05) is 60.7 Å². The highest BCUT2D eigenvalue weighted by atomic mass is 16.3. The van der Waals surface area contributed by atoms with Crippen LogP contribution in [0.1, 0.15) is 11.1 Å². The van der Waals surface area contributed by atoms with Crippen molar-refractivity contribution in [3.8, 4) is 0 Å². The SMILES string of the molecule is N=C(/N=C/c1cccc2cc3oc4ccccc4c3cc12)c1ccc2ccccc2c1. The minimum absolute atomic E-state index is 0.248. The number of rotatable bonds is 2. The molecule has 1 N–H and O–H groups in total. The van der Waals surface area contributed by atoms with Crippen LogP contribution >= 0.6 is 0 Å². The lowest BCUT2D eigenvalue weighted by Crippen LogP contribution is -1.96. The molecule has 0 aliphatic heterocycles. The van der Waals surface area contributed by atoms with Crippen LogP contribution in [0.2, 0.25) is 0 Å². The van der Waals surface area contributed by atoms with E-state index >= 15 is 0 Å². The molecule has 1 aromatic heterocycles. The second kappa shape index (κ2) is 6.92. The van der Waals surface area contributed by atoms with Gasteiger partial charge in [0.25, 0.3) is 0 Å². The third kappa shape index (κ3) is 2.99. The zero-order valence-corrected chi connectivity index (χ0v) is 16.7. The highest BCUT2D eigenvalue weighted by Gasteiger charge is 2.09. The van der Waals surface area contributed by atoms with Crippen molar-refractivity contribution in [3.63, 3.8) is 0 Å². The predicted molar refractivity (Wildman–Crippen MR) is 130 cm³/mol. The van der Waals surface area contributed by atoms with Gasteiger partial charge in [-0.25, -0.2) is 4.99 Å². The minimum Gasteiger partial charge on any atom is -0.456 e. The summed E-state index contributed by atoms with van der Waals surface area (Å²) in [6.45, 7) is 0. The smallest absolute Gasteiger partial charge is 0.151 e. The summed E-state index contributed by atoms with van der Waals surface area (Å²) in [6.07, 6.45) is 1.79. The Morgan fingerprint density at radius 3 is 2.39 bits per heavy atom. The molecule has 5 aromatic carbocycles. The molecular weight excluding hydrogens is 380 g/mol. The summed E-state index contributed by atoms with van der Waals surface area (Å²) in [4.78, 5) is 4.49. The summed E-state index contributed by atoms with van der Waals surface area (Å²) in [6, 6.07) is 32.6. The number of para-hydroxylation sites is 1. The fourth-order valence-electron chi connectivity index (χ4n) is 4.18. The van der Waals surface area contributed by atoms with E-state index in [4.69, 9.17) is 9.83 Å². The van der Waals surface area contributed by atoms with Gasteiger partial charge in [0.15, 0.2) is 5.84 Å². The molecule has 0 aliphatic carbocycles. The van der Waals surface area contributed by atoms with Gasteiger partial charge in [-0.1, -0.05) is 72.8 Å². The van der Waals surface area contributed by atoms with Crippen LogP contribution in [0, 0.1) is 5.41 Å². The van der Waals surface area contributed by atoms with Crippen LogP contribution in [-0.2, 0) is 0 Å². The number of nitrogens with one attached hydrogen (secondary N) is 1. The molecule has 0 bridgehead atoms. The van der Waals surface area contributed by atoms with E-state index in [0.29, 0.717) is 0 Å². The van der Waals surface area contributed by atoms with Crippen molar-refractivity contribution in [3.05, 3.63) is 108 Å². The van der Waals surface area contributed by atoms with Crippen LogP contribution in [0.3, 0.4) is 0 Å². The Labute approximate surface area is 178 Å². The second-order valence-electron chi connectivity index (χ2n) is 7.68. The lowest BCUT2D eigenvalue weighted by Gasteiger charge is -2.04. The number of amidine groups is 1. The van der Waals surface area contributed by atoms with Gasteiger partial charge in [0.05, 0.1) is 0 Å². The van der Waals surface area contributed by atoms with E-state index in [-0.39, 0.29) is 5.84 Å². The molecule has 0 spiro atoms. The van der Waals surface area contributed by atoms with Gasteiger partial charge in [0, 0.05) is 28.1 Å². The molecule has 3 nitrogen and oxygen atoms in total. The van der Waals surface area contributed by atoms with Crippen molar-refractivity contribution in [2.24, 2.45) is 4.99 Å². The molecule has 3 heteroatoms. The van der Waals surface area contributed by atoms with E-state index < -0.39 is 0 Å². The summed E-state index contributed by atoms with van der Waals surface area (Å²) in [5.74, 6) is 0.248. The van der Waals surface area contributed by atoms with E-state index in [2.05, 4.69) is 41.4 Å². The standard InChI is InChI=1S/C28H18N2O/c29-28(21-13-12-18-6-1-2-7-19(18)14-21)30-17-22-9-5-8-20-15-27-25(16-24(20)22)23-10-3-4-11-26(23)31-27/h1-17,29H/b29-28?,30-17+. The average molecular weight is 398 g/mol. The normalized spacial score (nSPS) is 11.9. The Morgan fingerprint density at radius 2 is 1.45 bits per heavy atom. The number of benzene rings is 5. The predicted octanol–water partition coefficient (Wildman–Crippen LogP) is 7.34. The lowest BCUT2D eigenvalue weighted by atomic mass is 10.0. The quantitative estimate of drug-likeness (QED) is 0.241. The molecular formula is C28H18N2O. The van der Waals surface area contributed by atoms with Crippen LogP contribution in [0.5, 0.6) is 0 Å². The van der Waals surface area contributed by atoms with Crippen LogP contribution < -0.4 is 0 Å². The van der Waals surface area contributed by atoms with Gasteiger partial charge in [-0.3, -0.25) is 5.41 Å². The van der Waals surface area contributed by atoms with Crippen LogP contribution in [0.15, 0.2) is 106 Å². The Morgan fingerprint density at radius 1 is 0.645 bits per heavy atom. The molecule has 31 heavy (non-hydrogen) atoms. The number of fused-ring (bicyclic) bond motifs is 5. The molecule has 146 valence electrons. The molecule has 0 saturated heterocycles. The first-order valence-corrected chi connectivity index (χ1v) is 10.2. The Balaban J connectivity index is 1.43. The maximum atomic E-state index is 8.46. The van der Waals surface area contributed by atoms with Crippen molar-refractivity contribution >= 4 is 55.5 Å². The van der Waals surface area contributed by atoms with Gasteiger partial charge >= 0.3 is 0 Å². The van der Waals surface area contributed by atoms with E-state index in [1.165, 1.54) is 0 Å². The topological polar surface area (TPSA) is 49.4 Å².